The van der Waals surface area contributed by atoms with E-state index < -0.39 is 0 Å². The number of benzene rings is 12. The highest BCUT2D eigenvalue weighted by molar-refractivity contribution is 6.22. The lowest BCUT2D eigenvalue weighted by Crippen LogP contribution is -2.15. The summed E-state index contributed by atoms with van der Waals surface area (Å²) in [5, 5.41) is 4.73. The first-order valence-corrected chi connectivity index (χ1v) is 28.5. The lowest BCUT2D eigenvalue weighted by atomic mass is 9.82. The second-order valence-electron chi connectivity index (χ2n) is 22.3. The maximum atomic E-state index is 5.58. The Kier molecular flexibility index (Phi) is 11.2. The molecule has 0 N–H and O–H groups in total. The van der Waals surface area contributed by atoms with Gasteiger partial charge in [-0.05, 0) is 127 Å². The summed E-state index contributed by atoms with van der Waals surface area (Å²) in [5.41, 5.74) is 23.3. The molecule has 0 saturated carbocycles. The van der Waals surface area contributed by atoms with Crippen LogP contribution >= 0.6 is 0 Å². The number of hydrogen-bond donors (Lipinski definition) is 0. The topological polar surface area (TPSA) is 48.5 Å². The van der Waals surface area contributed by atoms with Crippen LogP contribution in [0.3, 0.4) is 0 Å². The normalized spacial score (nSPS) is 12.6. The fourth-order valence-corrected chi connectivity index (χ4v) is 13.2. The quantitative estimate of drug-likeness (QED) is 0.145. The first kappa shape index (κ1) is 48.2. The zero-order valence-corrected chi connectivity index (χ0v) is 45.9. The van der Waals surface area contributed by atoms with Gasteiger partial charge in [-0.3, -0.25) is 0 Å². The third kappa shape index (κ3) is 7.88. The van der Waals surface area contributed by atoms with Crippen LogP contribution in [0.15, 0.2) is 285 Å². The van der Waals surface area contributed by atoms with Crippen molar-refractivity contribution < 1.29 is 0 Å². The highest BCUT2D eigenvalue weighted by Crippen LogP contribution is 2.50. The van der Waals surface area contributed by atoms with E-state index in [0.717, 1.165) is 83.3 Å². The summed E-state index contributed by atoms with van der Waals surface area (Å²) in [6.07, 6.45) is 0. The second kappa shape index (κ2) is 19.2. The fourth-order valence-electron chi connectivity index (χ4n) is 13.2. The van der Waals surface area contributed by atoms with E-state index in [-0.39, 0.29) is 5.41 Å². The molecule has 3 aromatic heterocycles. The van der Waals surface area contributed by atoms with E-state index in [4.69, 9.17) is 15.0 Å². The average Bonchev–Trinajstić information content (AvgIpc) is 1.92. The Bertz CT molecular complexity index is 5040. The Morgan fingerprint density at radius 2 is 0.711 bits per heavy atom. The summed E-state index contributed by atoms with van der Waals surface area (Å²) in [6, 6.07) is 103. The SMILES string of the molecule is CC1(C)c2ccccc2-c2ccc(-c3nc(-c4cccc(-c5ccccc5)c4)nc(-c4ccc(-c5ccccc5)cc4-n4c5ccccc5c5c(-c6cccc7c6c6ccc(-c8ccccc8)cc6n7-c6ccccc6)cccc54)n3)cc21. The van der Waals surface area contributed by atoms with Gasteiger partial charge >= 0.3 is 0 Å². The molecule has 0 atom stereocenters. The van der Waals surface area contributed by atoms with Gasteiger partial charge in [-0.1, -0.05) is 238 Å². The molecule has 0 bridgehead atoms. The molecule has 3 heterocycles. The first-order valence-electron chi connectivity index (χ1n) is 28.5. The van der Waals surface area contributed by atoms with Crippen LogP contribution in [0.5, 0.6) is 0 Å². The first-order chi connectivity index (χ1) is 40.9. The minimum absolute atomic E-state index is 0.211. The highest BCUT2D eigenvalue weighted by Gasteiger charge is 2.36. The van der Waals surface area contributed by atoms with Crippen LogP contribution in [0.25, 0.3) is 145 Å². The van der Waals surface area contributed by atoms with Crippen molar-refractivity contribution in [2.75, 3.05) is 0 Å². The molecule has 0 unspecified atom stereocenters. The smallest absolute Gasteiger partial charge is 0.166 e. The van der Waals surface area contributed by atoms with E-state index >= 15 is 0 Å². The summed E-state index contributed by atoms with van der Waals surface area (Å²) in [6.45, 7) is 4.65. The molecule has 390 valence electrons. The molecular formula is C78H53N5. The number of fused-ring (bicyclic) bond motifs is 9. The Morgan fingerprint density at radius 3 is 1.40 bits per heavy atom. The van der Waals surface area contributed by atoms with Gasteiger partial charge in [-0.15, -0.1) is 0 Å². The van der Waals surface area contributed by atoms with Gasteiger partial charge in [-0.2, -0.15) is 0 Å². The Balaban J connectivity index is 0.945. The van der Waals surface area contributed by atoms with Crippen LogP contribution in [0, 0.1) is 0 Å². The third-order valence-electron chi connectivity index (χ3n) is 17.2. The average molecular weight is 1060 g/mol. The van der Waals surface area contributed by atoms with Gasteiger partial charge < -0.3 is 9.13 Å². The summed E-state index contributed by atoms with van der Waals surface area (Å²) < 4.78 is 4.88. The largest absolute Gasteiger partial charge is 0.309 e. The summed E-state index contributed by atoms with van der Waals surface area (Å²) >= 11 is 0. The van der Waals surface area contributed by atoms with Crippen molar-refractivity contribution in [2.45, 2.75) is 19.3 Å². The molecule has 83 heavy (non-hydrogen) atoms. The Hall–Kier alpha value is -10.8. The van der Waals surface area contributed by atoms with Gasteiger partial charge in [-0.25, -0.2) is 15.0 Å². The van der Waals surface area contributed by atoms with Gasteiger partial charge in [0.1, 0.15) is 0 Å². The molecule has 0 amide bonds. The van der Waals surface area contributed by atoms with Crippen molar-refractivity contribution in [1.82, 2.24) is 24.1 Å². The van der Waals surface area contributed by atoms with Crippen molar-refractivity contribution in [2.24, 2.45) is 0 Å². The molecular weight excluding hydrogens is 1010 g/mol. The molecule has 1 aliphatic rings. The standard InChI is InChI=1S/C78H53N5/c1-78(2)66-36-17-15-32-59(66)60-43-42-57(47-67(60)78)76-79-75(56-29-19-28-53(46-56)50-22-7-3-8-23-50)80-77(81-76)65-45-41-55(52-26-11-5-12-27-52)49-72(65)83-68-37-18-16-33-63(68)73-61(35-21-39-70(73)83)62-34-20-38-69-74(62)64-44-40-54(51-24-9-4-10-25-51)48-71(64)82(69)58-30-13-6-14-31-58/h3-49H,1-2H3. The van der Waals surface area contributed by atoms with Crippen LogP contribution in [0.1, 0.15) is 25.0 Å². The van der Waals surface area contributed by atoms with Crippen molar-refractivity contribution in [3.05, 3.63) is 296 Å². The molecule has 0 fully saturated rings. The molecule has 5 nitrogen and oxygen atoms in total. The number of rotatable bonds is 9. The van der Waals surface area contributed by atoms with E-state index in [1.165, 1.54) is 55.1 Å². The lowest BCUT2D eigenvalue weighted by Gasteiger charge is -2.22. The second-order valence-corrected chi connectivity index (χ2v) is 22.3. The van der Waals surface area contributed by atoms with Crippen LogP contribution in [-0.4, -0.2) is 24.1 Å². The Labute approximate surface area is 481 Å². The zero-order valence-electron chi connectivity index (χ0n) is 45.9. The van der Waals surface area contributed by atoms with Crippen LogP contribution < -0.4 is 0 Å². The van der Waals surface area contributed by atoms with Gasteiger partial charge in [0.25, 0.3) is 0 Å². The fraction of sp³-hybridized carbons (Fsp3) is 0.0385. The van der Waals surface area contributed by atoms with Gasteiger partial charge in [0.2, 0.25) is 0 Å². The Morgan fingerprint density at radius 1 is 0.265 bits per heavy atom. The van der Waals surface area contributed by atoms with E-state index in [1.807, 2.05) is 0 Å². The van der Waals surface area contributed by atoms with E-state index in [0.29, 0.717) is 17.5 Å². The van der Waals surface area contributed by atoms with Crippen molar-refractivity contribution >= 4 is 43.6 Å². The maximum Gasteiger partial charge on any atom is 0.166 e. The minimum Gasteiger partial charge on any atom is -0.309 e. The predicted molar refractivity (Wildman–Crippen MR) is 344 cm³/mol. The maximum absolute atomic E-state index is 5.58. The van der Waals surface area contributed by atoms with Crippen LogP contribution in [0.4, 0.5) is 0 Å². The van der Waals surface area contributed by atoms with E-state index in [1.54, 1.807) is 0 Å². The van der Waals surface area contributed by atoms with Crippen LogP contribution in [0.2, 0.25) is 0 Å². The lowest BCUT2D eigenvalue weighted by molar-refractivity contribution is 0.660. The number of hydrogen-bond acceptors (Lipinski definition) is 3. The monoisotopic (exact) mass is 1060 g/mol. The molecule has 0 spiro atoms. The van der Waals surface area contributed by atoms with Crippen molar-refractivity contribution in [3.63, 3.8) is 0 Å². The molecule has 0 radical (unpaired) electrons. The number of aromatic nitrogens is 5. The van der Waals surface area contributed by atoms with Crippen LogP contribution in [-0.2, 0) is 5.41 Å². The van der Waals surface area contributed by atoms with Gasteiger partial charge in [0.05, 0.1) is 27.8 Å². The molecule has 16 rings (SSSR count). The van der Waals surface area contributed by atoms with E-state index in [2.05, 4.69) is 308 Å². The van der Waals surface area contributed by atoms with Gasteiger partial charge in [0.15, 0.2) is 17.5 Å². The molecule has 5 heteroatoms. The third-order valence-corrected chi connectivity index (χ3v) is 17.2. The molecule has 15 aromatic rings. The molecule has 12 aromatic carbocycles. The molecule has 0 aliphatic heterocycles. The summed E-state index contributed by atoms with van der Waals surface area (Å²) in [5.74, 6) is 1.81. The zero-order chi connectivity index (χ0) is 55.2. The number of para-hydroxylation sites is 2. The summed E-state index contributed by atoms with van der Waals surface area (Å²) in [4.78, 5) is 16.5. The van der Waals surface area contributed by atoms with Gasteiger partial charge in [0, 0.05) is 49.3 Å². The molecule has 0 saturated heterocycles. The summed E-state index contributed by atoms with van der Waals surface area (Å²) in [7, 11) is 0. The predicted octanol–water partition coefficient (Wildman–Crippen LogP) is 20.0. The van der Waals surface area contributed by atoms with Crippen molar-refractivity contribution in [3.8, 4) is 101 Å². The molecule has 1 aliphatic carbocycles. The minimum atomic E-state index is -0.211. The van der Waals surface area contributed by atoms with Crippen molar-refractivity contribution in [1.29, 1.82) is 0 Å². The number of nitrogens with zero attached hydrogens (tertiary/aromatic N) is 5. The highest BCUT2D eigenvalue weighted by atomic mass is 15.1. The van der Waals surface area contributed by atoms with E-state index in [9.17, 15) is 0 Å².